The number of aryl methyl sites for hydroxylation is 1. The number of hydrogen-bond donors (Lipinski definition) is 2. The molecule has 3 nitrogen and oxygen atoms in total. The quantitative estimate of drug-likeness (QED) is 0.258. The molecule has 0 aromatic heterocycles. The Morgan fingerprint density at radius 1 is 1.06 bits per heavy atom. The van der Waals surface area contributed by atoms with Crippen LogP contribution in [0.1, 0.15) is 83.8 Å². The van der Waals surface area contributed by atoms with Gasteiger partial charge in [0.1, 0.15) is 0 Å². The third kappa shape index (κ3) is 7.80. The van der Waals surface area contributed by atoms with E-state index in [4.69, 9.17) is 0 Å². The number of unbranched alkanes of at least 4 members (excludes halogenated alkanes) is 3. The summed E-state index contributed by atoms with van der Waals surface area (Å²) in [6.07, 6.45) is 14.8. The van der Waals surface area contributed by atoms with E-state index in [1.54, 1.807) is 5.57 Å². The molecule has 0 amide bonds. The smallest absolute Gasteiger partial charge is 0.0761 e. The van der Waals surface area contributed by atoms with E-state index >= 15 is 0 Å². The van der Waals surface area contributed by atoms with Crippen LogP contribution >= 0.6 is 0 Å². The van der Waals surface area contributed by atoms with Gasteiger partial charge in [-0.3, -0.25) is 4.90 Å². The maximum absolute atomic E-state index is 10.6. The van der Waals surface area contributed by atoms with Crippen LogP contribution in [0.4, 0.5) is 0 Å². The first-order valence-corrected chi connectivity index (χ1v) is 13.8. The summed E-state index contributed by atoms with van der Waals surface area (Å²) in [6.45, 7) is 12.5. The second-order valence-electron chi connectivity index (χ2n) is 11.5. The molecule has 1 aromatic rings. The van der Waals surface area contributed by atoms with Crippen molar-refractivity contribution in [3.63, 3.8) is 0 Å². The molecule has 1 aromatic carbocycles. The molecule has 0 bridgehead atoms. The highest BCUT2D eigenvalue weighted by Crippen LogP contribution is 2.48. The van der Waals surface area contributed by atoms with Gasteiger partial charge in [0, 0.05) is 24.4 Å². The molecule has 1 fully saturated rings. The molecule has 0 spiro atoms. The highest BCUT2D eigenvalue weighted by molar-refractivity contribution is 5.24. The lowest BCUT2D eigenvalue weighted by Gasteiger charge is -2.30. The summed E-state index contributed by atoms with van der Waals surface area (Å²) < 4.78 is 0. The Hall–Kier alpha value is -1.42. The van der Waals surface area contributed by atoms with Crippen LogP contribution in [0.2, 0.25) is 0 Å². The number of aliphatic hydroxyl groups excluding tert-OH is 2. The molecule has 190 valence electrons. The summed E-state index contributed by atoms with van der Waals surface area (Å²) in [4.78, 5) is 2.59. The first-order chi connectivity index (χ1) is 16.2. The monoisotopic (exact) mass is 467 g/mol. The van der Waals surface area contributed by atoms with Crippen LogP contribution in [-0.2, 0) is 6.42 Å². The molecule has 2 N–H and O–H groups in total. The minimum absolute atomic E-state index is 0.170. The maximum atomic E-state index is 10.6. The summed E-state index contributed by atoms with van der Waals surface area (Å²) in [5.41, 5.74) is 3.99. The molecule has 0 aliphatic heterocycles. The Kier molecular flexibility index (Phi) is 10.4. The van der Waals surface area contributed by atoms with Crippen LogP contribution in [0.25, 0.3) is 0 Å². The minimum atomic E-state index is -0.496. The number of fused-ring (bicyclic) bond motifs is 1. The number of rotatable bonds is 13. The van der Waals surface area contributed by atoms with Gasteiger partial charge in [0.05, 0.1) is 12.2 Å². The Morgan fingerprint density at radius 3 is 2.50 bits per heavy atom. The molecule has 3 rings (SSSR count). The van der Waals surface area contributed by atoms with Gasteiger partial charge >= 0.3 is 0 Å². The molecule has 2 aliphatic rings. The second-order valence-corrected chi connectivity index (χ2v) is 11.5. The zero-order chi connectivity index (χ0) is 24.7. The zero-order valence-corrected chi connectivity index (χ0v) is 22.3. The van der Waals surface area contributed by atoms with Crippen molar-refractivity contribution in [3.8, 4) is 0 Å². The predicted octanol–water partition coefficient (Wildman–Crippen LogP) is 6.47. The SMILES string of the molecule is Cc1cccc(C[C@H](O)C=C[C@@H]2[C@H]3CC(CCCCCCN(C(C)C)C(C)C)=C[C@H]3C[C@H]2O)c1. The molecule has 0 unspecified atom stereocenters. The van der Waals surface area contributed by atoms with Gasteiger partial charge in [-0.05, 0) is 90.7 Å². The maximum Gasteiger partial charge on any atom is 0.0761 e. The van der Waals surface area contributed by atoms with Crippen molar-refractivity contribution in [1.82, 2.24) is 4.90 Å². The number of benzene rings is 1. The summed E-state index contributed by atoms with van der Waals surface area (Å²) in [6, 6.07) is 9.59. The van der Waals surface area contributed by atoms with Crippen LogP contribution in [-0.4, -0.2) is 45.9 Å². The largest absolute Gasteiger partial charge is 0.392 e. The standard InChI is InChI=1S/C31H49NO2/c1-22(2)32(23(3)4)16-9-7-6-8-12-26-18-27-21-31(34)29(30(27)20-26)15-14-28(33)19-25-13-10-11-24(5)17-25/h10-11,13-15,17-18,22-23,27-31,33-34H,6-9,12,16,19-21H2,1-5H3/t27-,28+,29+,30-,31+/m0/s1. The average Bonchev–Trinajstić information content (AvgIpc) is 3.27. The van der Waals surface area contributed by atoms with Crippen molar-refractivity contribution in [2.75, 3.05) is 6.54 Å². The molecular formula is C31H49NO2. The molecule has 5 atom stereocenters. The third-order valence-corrected chi connectivity index (χ3v) is 8.02. The van der Waals surface area contributed by atoms with Gasteiger partial charge in [-0.25, -0.2) is 0 Å². The van der Waals surface area contributed by atoms with Gasteiger partial charge in [0.25, 0.3) is 0 Å². The Labute approximate surface area is 209 Å². The lowest BCUT2D eigenvalue weighted by Crippen LogP contribution is -2.37. The van der Waals surface area contributed by atoms with E-state index in [1.165, 1.54) is 44.2 Å². The van der Waals surface area contributed by atoms with Gasteiger partial charge in [0.15, 0.2) is 0 Å². The van der Waals surface area contributed by atoms with Crippen molar-refractivity contribution in [2.45, 2.75) is 110 Å². The molecular weight excluding hydrogens is 418 g/mol. The molecule has 0 radical (unpaired) electrons. The molecule has 3 heteroatoms. The molecule has 1 saturated carbocycles. The van der Waals surface area contributed by atoms with E-state index < -0.39 is 6.10 Å². The van der Waals surface area contributed by atoms with Crippen LogP contribution in [0.15, 0.2) is 48.1 Å². The highest BCUT2D eigenvalue weighted by atomic mass is 16.3. The average molecular weight is 468 g/mol. The predicted molar refractivity (Wildman–Crippen MR) is 144 cm³/mol. The summed E-state index contributed by atoms with van der Waals surface area (Å²) in [5, 5.41) is 21.2. The molecule has 2 aliphatic carbocycles. The lowest BCUT2D eigenvalue weighted by molar-refractivity contribution is 0.140. The third-order valence-electron chi connectivity index (χ3n) is 8.02. The topological polar surface area (TPSA) is 43.7 Å². The van der Waals surface area contributed by atoms with Crippen LogP contribution in [0, 0.1) is 24.7 Å². The lowest BCUT2D eigenvalue weighted by atomic mass is 9.88. The fraction of sp³-hybridized carbons (Fsp3) is 0.677. The van der Waals surface area contributed by atoms with Crippen LogP contribution in [0.3, 0.4) is 0 Å². The van der Waals surface area contributed by atoms with Gasteiger partial charge in [0.2, 0.25) is 0 Å². The Morgan fingerprint density at radius 2 is 1.79 bits per heavy atom. The number of nitrogens with zero attached hydrogens (tertiary/aromatic N) is 1. The summed E-state index contributed by atoms with van der Waals surface area (Å²) >= 11 is 0. The Balaban J connectivity index is 1.39. The summed E-state index contributed by atoms with van der Waals surface area (Å²) in [7, 11) is 0. The van der Waals surface area contributed by atoms with Crippen molar-refractivity contribution in [2.24, 2.45) is 17.8 Å². The first kappa shape index (κ1) is 27.2. The van der Waals surface area contributed by atoms with Gasteiger partial charge in [-0.15, -0.1) is 0 Å². The number of allylic oxidation sites excluding steroid dienone is 2. The van der Waals surface area contributed by atoms with E-state index in [2.05, 4.69) is 69.9 Å². The second kappa shape index (κ2) is 13.0. The Bertz CT molecular complexity index is 803. The van der Waals surface area contributed by atoms with Crippen molar-refractivity contribution < 1.29 is 10.2 Å². The number of aliphatic hydroxyl groups is 2. The van der Waals surface area contributed by atoms with Gasteiger partial charge < -0.3 is 10.2 Å². The van der Waals surface area contributed by atoms with E-state index in [-0.39, 0.29) is 12.0 Å². The normalized spacial score (nSPS) is 25.6. The van der Waals surface area contributed by atoms with Gasteiger partial charge in [-0.2, -0.15) is 0 Å². The van der Waals surface area contributed by atoms with Crippen molar-refractivity contribution in [3.05, 3.63) is 59.2 Å². The number of hydrogen-bond acceptors (Lipinski definition) is 3. The van der Waals surface area contributed by atoms with Gasteiger partial charge in [-0.1, -0.05) is 66.5 Å². The molecule has 34 heavy (non-hydrogen) atoms. The molecule has 0 heterocycles. The van der Waals surface area contributed by atoms with E-state index in [9.17, 15) is 10.2 Å². The first-order valence-electron chi connectivity index (χ1n) is 13.8. The highest BCUT2D eigenvalue weighted by Gasteiger charge is 2.43. The van der Waals surface area contributed by atoms with Crippen LogP contribution < -0.4 is 0 Å². The minimum Gasteiger partial charge on any atom is -0.392 e. The van der Waals surface area contributed by atoms with Crippen LogP contribution in [0.5, 0.6) is 0 Å². The van der Waals surface area contributed by atoms with Crippen molar-refractivity contribution in [1.29, 1.82) is 0 Å². The van der Waals surface area contributed by atoms with E-state index in [1.807, 2.05) is 12.1 Å². The fourth-order valence-electron chi connectivity index (χ4n) is 6.31. The van der Waals surface area contributed by atoms with E-state index in [0.29, 0.717) is 30.3 Å². The van der Waals surface area contributed by atoms with E-state index in [0.717, 1.165) is 18.4 Å². The fourth-order valence-corrected chi connectivity index (χ4v) is 6.31. The summed E-state index contributed by atoms with van der Waals surface area (Å²) in [5.74, 6) is 1.20. The molecule has 0 saturated heterocycles. The van der Waals surface area contributed by atoms with Crippen molar-refractivity contribution >= 4 is 0 Å². The zero-order valence-electron chi connectivity index (χ0n) is 22.3.